The highest BCUT2D eigenvalue weighted by Gasteiger charge is 2.04. The van der Waals surface area contributed by atoms with Crippen LogP contribution in [0.1, 0.15) is 18.2 Å². The van der Waals surface area contributed by atoms with E-state index in [1.54, 1.807) is 25.1 Å². The molecule has 110 valence electrons. The van der Waals surface area contributed by atoms with Gasteiger partial charge in [-0.3, -0.25) is 9.78 Å². The van der Waals surface area contributed by atoms with E-state index in [1.807, 2.05) is 30.3 Å². The van der Waals surface area contributed by atoms with Gasteiger partial charge in [-0.15, -0.1) is 0 Å². The number of benzene rings is 1. The smallest absolute Gasteiger partial charge is 0.219 e. The van der Waals surface area contributed by atoms with Gasteiger partial charge in [-0.1, -0.05) is 12.1 Å². The SMILES string of the molecule is CC(=O)N(C)Cc1cccc(NCc2ccc(Br)cn2)c1. The molecule has 0 spiro atoms. The zero-order chi connectivity index (χ0) is 15.2. The van der Waals surface area contributed by atoms with Gasteiger partial charge in [0, 0.05) is 36.9 Å². The number of carbonyl (C=O) groups excluding carboxylic acids is 1. The molecule has 1 N–H and O–H groups in total. The second-order valence-electron chi connectivity index (χ2n) is 4.90. The summed E-state index contributed by atoms with van der Waals surface area (Å²) < 4.78 is 0.973. The van der Waals surface area contributed by atoms with E-state index in [4.69, 9.17) is 0 Å². The lowest BCUT2D eigenvalue weighted by atomic mass is 10.2. The Morgan fingerprint density at radius 1 is 1.33 bits per heavy atom. The van der Waals surface area contributed by atoms with Crippen LogP contribution in [-0.4, -0.2) is 22.8 Å². The lowest BCUT2D eigenvalue weighted by Crippen LogP contribution is -2.23. The maximum atomic E-state index is 11.3. The Hall–Kier alpha value is -1.88. The Balaban J connectivity index is 1.97. The molecule has 0 unspecified atom stereocenters. The van der Waals surface area contributed by atoms with Crippen LogP contribution in [0, 0.1) is 0 Å². The molecule has 0 saturated carbocycles. The van der Waals surface area contributed by atoms with Crippen molar-refractivity contribution in [2.24, 2.45) is 0 Å². The van der Waals surface area contributed by atoms with Crippen LogP contribution >= 0.6 is 15.9 Å². The number of pyridine rings is 1. The van der Waals surface area contributed by atoms with Gasteiger partial charge in [-0.25, -0.2) is 0 Å². The van der Waals surface area contributed by atoms with E-state index in [-0.39, 0.29) is 5.91 Å². The molecule has 0 aliphatic carbocycles. The summed E-state index contributed by atoms with van der Waals surface area (Å²) >= 11 is 3.37. The number of rotatable bonds is 5. The molecule has 1 aromatic carbocycles. The predicted molar refractivity (Wildman–Crippen MR) is 87.9 cm³/mol. The Bertz CT molecular complexity index is 613. The second kappa shape index (κ2) is 7.22. The third kappa shape index (κ3) is 4.86. The summed E-state index contributed by atoms with van der Waals surface area (Å²) in [5.41, 5.74) is 3.10. The van der Waals surface area contributed by atoms with E-state index in [9.17, 15) is 4.79 Å². The molecule has 2 aromatic rings. The number of nitrogens with zero attached hydrogens (tertiary/aromatic N) is 2. The summed E-state index contributed by atoms with van der Waals surface area (Å²) in [7, 11) is 1.80. The first-order valence-corrected chi connectivity index (χ1v) is 7.49. The summed E-state index contributed by atoms with van der Waals surface area (Å²) in [5.74, 6) is 0.0624. The van der Waals surface area contributed by atoms with Crippen molar-refractivity contribution in [1.29, 1.82) is 0 Å². The quantitative estimate of drug-likeness (QED) is 0.900. The molecule has 0 aliphatic heterocycles. The Morgan fingerprint density at radius 2 is 2.14 bits per heavy atom. The molecule has 0 saturated heterocycles. The van der Waals surface area contributed by atoms with Crippen molar-refractivity contribution in [3.8, 4) is 0 Å². The van der Waals surface area contributed by atoms with Crippen molar-refractivity contribution in [3.05, 3.63) is 58.3 Å². The van der Waals surface area contributed by atoms with E-state index in [1.165, 1.54) is 0 Å². The fraction of sp³-hybridized carbons (Fsp3) is 0.250. The van der Waals surface area contributed by atoms with Crippen molar-refractivity contribution < 1.29 is 4.79 Å². The number of anilines is 1. The van der Waals surface area contributed by atoms with Crippen LogP contribution in [0.25, 0.3) is 0 Å². The molecule has 21 heavy (non-hydrogen) atoms. The molecule has 5 heteroatoms. The summed E-state index contributed by atoms with van der Waals surface area (Å²) in [6.45, 7) is 2.85. The van der Waals surface area contributed by atoms with Gasteiger partial charge in [0.15, 0.2) is 0 Å². The number of carbonyl (C=O) groups is 1. The van der Waals surface area contributed by atoms with Gasteiger partial charge in [0.1, 0.15) is 0 Å². The zero-order valence-electron chi connectivity index (χ0n) is 12.1. The van der Waals surface area contributed by atoms with E-state index < -0.39 is 0 Å². The Kier molecular flexibility index (Phi) is 5.33. The predicted octanol–water partition coefficient (Wildman–Crippen LogP) is 3.43. The summed E-state index contributed by atoms with van der Waals surface area (Å²) in [5, 5.41) is 3.34. The van der Waals surface area contributed by atoms with Crippen molar-refractivity contribution in [2.75, 3.05) is 12.4 Å². The third-order valence-corrected chi connectivity index (χ3v) is 3.62. The number of hydrogen-bond donors (Lipinski definition) is 1. The van der Waals surface area contributed by atoms with Crippen molar-refractivity contribution >= 4 is 27.5 Å². The van der Waals surface area contributed by atoms with Gasteiger partial charge in [0.2, 0.25) is 5.91 Å². The molecular formula is C16H18BrN3O. The highest BCUT2D eigenvalue weighted by atomic mass is 79.9. The highest BCUT2D eigenvalue weighted by molar-refractivity contribution is 9.10. The monoisotopic (exact) mass is 347 g/mol. The van der Waals surface area contributed by atoms with Crippen molar-refractivity contribution in [2.45, 2.75) is 20.0 Å². The van der Waals surface area contributed by atoms with E-state index in [0.717, 1.165) is 21.4 Å². The lowest BCUT2D eigenvalue weighted by Gasteiger charge is -2.15. The van der Waals surface area contributed by atoms with E-state index in [2.05, 4.69) is 32.3 Å². The lowest BCUT2D eigenvalue weighted by molar-refractivity contribution is -0.128. The van der Waals surface area contributed by atoms with Crippen LogP contribution < -0.4 is 5.32 Å². The summed E-state index contributed by atoms with van der Waals surface area (Å²) in [4.78, 5) is 17.3. The van der Waals surface area contributed by atoms with Crippen LogP contribution in [0.2, 0.25) is 0 Å². The first-order chi connectivity index (χ1) is 10.0. The molecule has 2 rings (SSSR count). The molecule has 0 bridgehead atoms. The second-order valence-corrected chi connectivity index (χ2v) is 5.81. The molecule has 1 aromatic heterocycles. The fourth-order valence-electron chi connectivity index (χ4n) is 1.87. The highest BCUT2D eigenvalue weighted by Crippen LogP contribution is 2.14. The molecule has 0 radical (unpaired) electrons. The van der Waals surface area contributed by atoms with Crippen molar-refractivity contribution in [1.82, 2.24) is 9.88 Å². The zero-order valence-corrected chi connectivity index (χ0v) is 13.7. The number of amides is 1. The normalized spacial score (nSPS) is 10.2. The number of halogens is 1. The minimum atomic E-state index is 0.0624. The molecular weight excluding hydrogens is 330 g/mol. The van der Waals surface area contributed by atoms with Gasteiger partial charge in [0.05, 0.1) is 12.2 Å². The van der Waals surface area contributed by atoms with E-state index >= 15 is 0 Å². The van der Waals surface area contributed by atoms with Crippen LogP contribution in [0.4, 0.5) is 5.69 Å². The summed E-state index contributed by atoms with van der Waals surface area (Å²) in [6, 6.07) is 12.0. The van der Waals surface area contributed by atoms with Gasteiger partial charge in [0.25, 0.3) is 0 Å². The first kappa shape index (κ1) is 15.5. The van der Waals surface area contributed by atoms with Gasteiger partial charge < -0.3 is 10.2 Å². The fourth-order valence-corrected chi connectivity index (χ4v) is 2.10. The van der Waals surface area contributed by atoms with Crippen molar-refractivity contribution in [3.63, 3.8) is 0 Å². The van der Waals surface area contributed by atoms with Crippen LogP contribution in [0.3, 0.4) is 0 Å². The standard InChI is InChI=1S/C16H18BrN3O/c1-12(21)20(2)11-13-4-3-5-15(8-13)19-10-16-7-6-14(17)9-18-16/h3-9,19H,10-11H2,1-2H3. The average Bonchev–Trinajstić information content (AvgIpc) is 2.47. The number of aromatic nitrogens is 1. The molecule has 0 aliphatic rings. The molecule has 1 amide bonds. The number of nitrogens with one attached hydrogen (secondary N) is 1. The average molecular weight is 348 g/mol. The van der Waals surface area contributed by atoms with Gasteiger partial charge in [-0.05, 0) is 45.8 Å². The van der Waals surface area contributed by atoms with Crippen LogP contribution in [0.5, 0.6) is 0 Å². The third-order valence-electron chi connectivity index (χ3n) is 3.15. The minimum Gasteiger partial charge on any atom is -0.379 e. The van der Waals surface area contributed by atoms with Gasteiger partial charge in [-0.2, -0.15) is 0 Å². The molecule has 1 heterocycles. The molecule has 0 atom stereocenters. The number of hydrogen-bond acceptors (Lipinski definition) is 3. The summed E-state index contributed by atoms with van der Waals surface area (Å²) in [6.07, 6.45) is 1.79. The van der Waals surface area contributed by atoms with Gasteiger partial charge >= 0.3 is 0 Å². The van der Waals surface area contributed by atoms with Crippen LogP contribution in [0.15, 0.2) is 47.1 Å². The minimum absolute atomic E-state index is 0.0624. The molecule has 0 fully saturated rings. The topological polar surface area (TPSA) is 45.2 Å². The Morgan fingerprint density at radius 3 is 2.81 bits per heavy atom. The largest absolute Gasteiger partial charge is 0.379 e. The maximum absolute atomic E-state index is 11.3. The van der Waals surface area contributed by atoms with Crippen LogP contribution in [-0.2, 0) is 17.9 Å². The maximum Gasteiger partial charge on any atom is 0.219 e. The molecule has 4 nitrogen and oxygen atoms in total. The Labute approximate surface area is 133 Å². The van der Waals surface area contributed by atoms with E-state index in [0.29, 0.717) is 13.1 Å². The first-order valence-electron chi connectivity index (χ1n) is 6.69.